The van der Waals surface area contributed by atoms with Crippen molar-refractivity contribution in [2.45, 2.75) is 0 Å². The van der Waals surface area contributed by atoms with Crippen LogP contribution in [0.1, 0.15) is 0 Å². The van der Waals surface area contributed by atoms with Crippen molar-refractivity contribution in [3.8, 4) is 0 Å². The van der Waals surface area contributed by atoms with Gasteiger partial charge in [0.25, 0.3) is 0 Å². The van der Waals surface area contributed by atoms with Crippen LogP contribution >= 0.6 is 23.7 Å². The van der Waals surface area contributed by atoms with E-state index in [1.54, 1.807) is 11.6 Å². The topological polar surface area (TPSA) is 64.9 Å². The lowest BCUT2D eigenvalue weighted by atomic mass is 10.2. The van der Waals surface area contributed by atoms with Crippen molar-refractivity contribution in [1.29, 1.82) is 0 Å². The average molecular weight is 202 g/mol. The largest absolute Gasteiger partial charge is 0.397 e. The minimum atomic E-state index is 0. The van der Waals surface area contributed by atoms with E-state index in [0.717, 1.165) is 10.2 Å². The highest BCUT2D eigenvalue weighted by atomic mass is 35.5. The maximum absolute atomic E-state index is 5.71. The summed E-state index contributed by atoms with van der Waals surface area (Å²) in [4.78, 5) is 4.10. The number of benzene rings is 1. The molecule has 12 heavy (non-hydrogen) atoms. The summed E-state index contributed by atoms with van der Waals surface area (Å²) in [6.07, 6.45) is 0. The van der Waals surface area contributed by atoms with Gasteiger partial charge in [0.15, 0.2) is 0 Å². The van der Waals surface area contributed by atoms with E-state index in [9.17, 15) is 0 Å². The number of halogens is 1. The smallest absolute Gasteiger partial charge is 0.0834 e. The fourth-order valence-electron chi connectivity index (χ4n) is 0.965. The summed E-state index contributed by atoms with van der Waals surface area (Å²) in [5.74, 6) is 0. The summed E-state index contributed by atoms with van der Waals surface area (Å²) in [5.41, 5.74) is 15.3. The van der Waals surface area contributed by atoms with E-state index in [2.05, 4.69) is 4.98 Å². The Balaban J connectivity index is 0.000000720. The average Bonchev–Trinajstić information content (AvgIpc) is 2.45. The molecule has 2 aromatic rings. The zero-order chi connectivity index (χ0) is 7.84. The lowest BCUT2D eigenvalue weighted by molar-refractivity contribution is 1.50. The predicted octanol–water partition coefficient (Wildman–Crippen LogP) is 1.88. The van der Waals surface area contributed by atoms with Crippen LogP contribution in [0.3, 0.4) is 0 Å². The SMILES string of the molecule is Cl.Nc1ccc2ncsc2c1N. The second-order valence-corrected chi connectivity index (χ2v) is 3.12. The van der Waals surface area contributed by atoms with Gasteiger partial charge in [-0.15, -0.1) is 23.7 Å². The first-order chi connectivity index (χ1) is 5.29. The summed E-state index contributed by atoms with van der Waals surface area (Å²) >= 11 is 1.51. The first-order valence-corrected chi connectivity index (χ1v) is 4.04. The third-order valence-corrected chi connectivity index (χ3v) is 2.45. The van der Waals surface area contributed by atoms with Gasteiger partial charge in [-0.1, -0.05) is 0 Å². The predicted molar refractivity (Wildman–Crippen MR) is 55.7 cm³/mol. The molecular weight excluding hydrogens is 194 g/mol. The third kappa shape index (κ3) is 1.19. The Morgan fingerprint density at radius 1 is 1.25 bits per heavy atom. The van der Waals surface area contributed by atoms with E-state index in [4.69, 9.17) is 11.5 Å². The third-order valence-electron chi connectivity index (χ3n) is 1.57. The first-order valence-electron chi connectivity index (χ1n) is 3.16. The van der Waals surface area contributed by atoms with E-state index in [1.165, 1.54) is 11.3 Å². The maximum atomic E-state index is 5.71. The molecule has 5 heteroatoms. The van der Waals surface area contributed by atoms with Crippen LogP contribution in [-0.4, -0.2) is 4.98 Å². The van der Waals surface area contributed by atoms with Crippen molar-refractivity contribution in [2.75, 3.05) is 11.5 Å². The Labute approximate surface area is 79.8 Å². The van der Waals surface area contributed by atoms with Gasteiger partial charge >= 0.3 is 0 Å². The van der Waals surface area contributed by atoms with Crippen LogP contribution in [0.25, 0.3) is 10.2 Å². The van der Waals surface area contributed by atoms with Crippen molar-refractivity contribution >= 4 is 45.3 Å². The van der Waals surface area contributed by atoms with Gasteiger partial charge in [-0.3, -0.25) is 0 Å². The van der Waals surface area contributed by atoms with Gasteiger partial charge in [0.1, 0.15) is 0 Å². The molecule has 0 saturated carbocycles. The van der Waals surface area contributed by atoms with Crippen molar-refractivity contribution in [1.82, 2.24) is 4.98 Å². The number of nitrogen functional groups attached to an aromatic ring is 2. The molecule has 0 spiro atoms. The van der Waals surface area contributed by atoms with Crippen molar-refractivity contribution in [3.63, 3.8) is 0 Å². The molecule has 0 amide bonds. The zero-order valence-electron chi connectivity index (χ0n) is 6.15. The molecular formula is C7H8ClN3S. The normalized spacial score (nSPS) is 9.67. The molecule has 1 aromatic heterocycles. The molecule has 0 atom stereocenters. The first kappa shape index (κ1) is 9.09. The number of fused-ring (bicyclic) bond motifs is 1. The molecule has 1 heterocycles. The van der Waals surface area contributed by atoms with Crippen molar-refractivity contribution < 1.29 is 0 Å². The van der Waals surface area contributed by atoms with E-state index < -0.39 is 0 Å². The van der Waals surface area contributed by atoms with Crippen LogP contribution in [-0.2, 0) is 0 Å². The van der Waals surface area contributed by atoms with Crippen LogP contribution < -0.4 is 11.5 Å². The standard InChI is InChI=1S/C7H7N3S.ClH/c8-4-1-2-5-7(6(4)9)11-3-10-5;/h1-3H,8-9H2;1H. The molecule has 0 unspecified atom stereocenters. The molecule has 1 aromatic carbocycles. The molecule has 0 aliphatic rings. The fraction of sp³-hybridized carbons (Fsp3) is 0. The molecule has 0 aliphatic carbocycles. The lowest BCUT2D eigenvalue weighted by Crippen LogP contribution is -1.93. The molecule has 2 rings (SSSR count). The Kier molecular flexibility index (Phi) is 2.40. The van der Waals surface area contributed by atoms with Crippen LogP contribution in [0.15, 0.2) is 17.6 Å². The second-order valence-electron chi connectivity index (χ2n) is 2.27. The number of thiazole rings is 1. The van der Waals surface area contributed by atoms with Crippen LogP contribution in [0.5, 0.6) is 0 Å². The van der Waals surface area contributed by atoms with Crippen LogP contribution in [0.2, 0.25) is 0 Å². The molecule has 4 N–H and O–H groups in total. The van der Waals surface area contributed by atoms with Gasteiger partial charge in [-0.2, -0.15) is 0 Å². The second kappa shape index (κ2) is 3.16. The van der Waals surface area contributed by atoms with E-state index in [0.29, 0.717) is 11.4 Å². The molecule has 0 bridgehead atoms. The van der Waals surface area contributed by atoms with Gasteiger partial charge in [0, 0.05) is 0 Å². The number of anilines is 2. The summed E-state index contributed by atoms with van der Waals surface area (Å²) < 4.78 is 0.977. The maximum Gasteiger partial charge on any atom is 0.0834 e. The number of nitrogens with zero attached hydrogens (tertiary/aromatic N) is 1. The zero-order valence-corrected chi connectivity index (χ0v) is 7.78. The van der Waals surface area contributed by atoms with Crippen molar-refractivity contribution in [3.05, 3.63) is 17.6 Å². The highest BCUT2D eigenvalue weighted by Gasteiger charge is 2.02. The summed E-state index contributed by atoms with van der Waals surface area (Å²) in [6.45, 7) is 0. The highest BCUT2D eigenvalue weighted by Crippen LogP contribution is 2.28. The molecule has 64 valence electrons. The fourth-order valence-corrected chi connectivity index (χ4v) is 1.72. The van der Waals surface area contributed by atoms with E-state index in [1.807, 2.05) is 6.07 Å². The molecule has 0 aliphatic heterocycles. The number of hydrogen-bond acceptors (Lipinski definition) is 4. The molecule has 0 radical (unpaired) electrons. The highest BCUT2D eigenvalue weighted by molar-refractivity contribution is 7.17. The lowest BCUT2D eigenvalue weighted by Gasteiger charge is -1.98. The van der Waals surface area contributed by atoms with Gasteiger partial charge in [0.05, 0.1) is 27.1 Å². The molecule has 0 fully saturated rings. The van der Waals surface area contributed by atoms with Crippen LogP contribution in [0, 0.1) is 0 Å². The number of rotatable bonds is 0. The number of hydrogen-bond donors (Lipinski definition) is 2. The Morgan fingerprint density at radius 2 is 2.00 bits per heavy atom. The van der Waals surface area contributed by atoms with Gasteiger partial charge in [-0.05, 0) is 12.1 Å². The van der Waals surface area contributed by atoms with Gasteiger partial charge in [-0.25, -0.2) is 4.98 Å². The minimum absolute atomic E-state index is 0. The monoisotopic (exact) mass is 201 g/mol. The summed E-state index contributed by atoms with van der Waals surface area (Å²) in [7, 11) is 0. The van der Waals surface area contributed by atoms with E-state index in [-0.39, 0.29) is 12.4 Å². The van der Waals surface area contributed by atoms with Crippen molar-refractivity contribution in [2.24, 2.45) is 0 Å². The Hall–Kier alpha value is -1.00. The van der Waals surface area contributed by atoms with Gasteiger partial charge in [0.2, 0.25) is 0 Å². The van der Waals surface area contributed by atoms with Gasteiger partial charge < -0.3 is 11.5 Å². The Morgan fingerprint density at radius 3 is 2.75 bits per heavy atom. The Bertz CT molecular complexity index is 398. The molecule has 3 nitrogen and oxygen atoms in total. The quantitative estimate of drug-likeness (QED) is 0.640. The molecule has 0 saturated heterocycles. The number of nitrogens with two attached hydrogens (primary N) is 2. The number of aromatic nitrogens is 1. The summed E-state index contributed by atoms with van der Waals surface area (Å²) in [6, 6.07) is 3.65. The minimum Gasteiger partial charge on any atom is -0.397 e. The van der Waals surface area contributed by atoms with Crippen LogP contribution in [0.4, 0.5) is 11.4 Å². The van der Waals surface area contributed by atoms with E-state index >= 15 is 0 Å². The summed E-state index contributed by atoms with van der Waals surface area (Å²) in [5, 5.41) is 0.